The summed E-state index contributed by atoms with van der Waals surface area (Å²) in [6.45, 7) is 0.907. The molecule has 1 aliphatic heterocycles. The summed E-state index contributed by atoms with van der Waals surface area (Å²) in [6.07, 6.45) is 12.6. The van der Waals surface area contributed by atoms with Gasteiger partial charge >= 0.3 is 0 Å². The van der Waals surface area contributed by atoms with Crippen LogP contribution in [-0.2, 0) is 4.74 Å². The summed E-state index contributed by atoms with van der Waals surface area (Å²) in [6, 6.07) is 0. The Bertz CT molecular complexity index is 245. The SMILES string of the molecule is NC1(CC2CCCCC2)CCOC1C1CC1. The Morgan fingerprint density at radius 3 is 2.50 bits per heavy atom. The fourth-order valence-corrected chi connectivity index (χ4v) is 3.84. The highest BCUT2D eigenvalue weighted by atomic mass is 16.5. The molecule has 3 rings (SSSR count). The molecule has 3 aliphatic rings. The van der Waals surface area contributed by atoms with Gasteiger partial charge in [0.15, 0.2) is 0 Å². The second-order valence-corrected chi connectivity index (χ2v) is 6.32. The number of rotatable bonds is 3. The lowest BCUT2D eigenvalue weighted by Gasteiger charge is -2.35. The van der Waals surface area contributed by atoms with Crippen molar-refractivity contribution in [3.63, 3.8) is 0 Å². The molecule has 2 N–H and O–H groups in total. The molecule has 0 radical (unpaired) electrons. The van der Waals surface area contributed by atoms with Crippen molar-refractivity contribution in [2.45, 2.75) is 69.4 Å². The largest absolute Gasteiger partial charge is 0.376 e. The first-order chi connectivity index (χ1) is 7.78. The van der Waals surface area contributed by atoms with Crippen LogP contribution in [0, 0.1) is 11.8 Å². The van der Waals surface area contributed by atoms with Gasteiger partial charge in [-0.15, -0.1) is 0 Å². The smallest absolute Gasteiger partial charge is 0.0783 e. The molecule has 0 amide bonds. The third-order valence-electron chi connectivity index (χ3n) is 4.88. The number of hydrogen-bond acceptors (Lipinski definition) is 2. The van der Waals surface area contributed by atoms with Crippen LogP contribution in [0.1, 0.15) is 57.8 Å². The van der Waals surface area contributed by atoms with Gasteiger partial charge in [0.1, 0.15) is 0 Å². The van der Waals surface area contributed by atoms with Crippen molar-refractivity contribution in [3.8, 4) is 0 Å². The van der Waals surface area contributed by atoms with Crippen molar-refractivity contribution in [2.24, 2.45) is 17.6 Å². The number of nitrogens with two attached hydrogens (primary N) is 1. The lowest BCUT2D eigenvalue weighted by Crippen LogP contribution is -2.50. The molecule has 0 spiro atoms. The van der Waals surface area contributed by atoms with E-state index >= 15 is 0 Å². The Labute approximate surface area is 98.9 Å². The minimum Gasteiger partial charge on any atom is -0.376 e. The molecule has 0 aromatic rings. The Kier molecular flexibility index (Phi) is 2.97. The van der Waals surface area contributed by atoms with E-state index < -0.39 is 0 Å². The van der Waals surface area contributed by atoms with Crippen molar-refractivity contribution >= 4 is 0 Å². The summed E-state index contributed by atoms with van der Waals surface area (Å²) in [5, 5.41) is 0. The van der Waals surface area contributed by atoms with Gasteiger partial charge in [-0.05, 0) is 37.5 Å². The first-order valence-corrected chi connectivity index (χ1v) is 7.18. The van der Waals surface area contributed by atoms with Gasteiger partial charge in [-0.25, -0.2) is 0 Å². The van der Waals surface area contributed by atoms with E-state index in [0.717, 1.165) is 24.9 Å². The zero-order valence-electron chi connectivity index (χ0n) is 10.3. The zero-order chi connectivity index (χ0) is 11.0. The highest BCUT2D eigenvalue weighted by molar-refractivity contribution is 5.04. The Morgan fingerprint density at radius 1 is 1.06 bits per heavy atom. The Balaban J connectivity index is 1.61. The summed E-state index contributed by atoms with van der Waals surface area (Å²) < 4.78 is 5.91. The Morgan fingerprint density at radius 2 is 1.81 bits per heavy atom. The fraction of sp³-hybridized carbons (Fsp3) is 1.00. The first kappa shape index (κ1) is 11.0. The van der Waals surface area contributed by atoms with Crippen molar-refractivity contribution in [1.29, 1.82) is 0 Å². The number of hydrogen-bond donors (Lipinski definition) is 1. The second kappa shape index (κ2) is 4.30. The van der Waals surface area contributed by atoms with Gasteiger partial charge in [0.2, 0.25) is 0 Å². The number of ether oxygens (including phenoxy) is 1. The van der Waals surface area contributed by atoms with E-state index in [4.69, 9.17) is 10.5 Å². The summed E-state index contributed by atoms with van der Waals surface area (Å²) in [4.78, 5) is 0. The fourth-order valence-electron chi connectivity index (χ4n) is 3.84. The van der Waals surface area contributed by atoms with Gasteiger partial charge in [0.25, 0.3) is 0 Å². The molecular weight excluding hydrogens is 198 g/mol. The molecule has 1 heterocycles. The third-order valence-corrected chi connectivity index (χ3v) is 4.88. The molecule has 0 aromatic carbocycles. The van der Waals surface area contributed by atoms with Crippen molar-refractivity contribution in [2.75, 3.05) is 6.61 Å². The van der Waals surface area contributed by atoms with Gasteiger partial charge in [0, 0.05) is 12.1 Å². The highest BCUT2D eigenvalue weighted by Crippen LogP contribution is 2.45. The van der Waals surface area contributed by atoms with E-state index in [1.54, 1.807) is 0 Å². The minimum absolute atomic E-state index is 0.0309. The molecule has 92 valence electrons. The molecule has 0 bridgehead atoms. The lowest BCUT2D eigenvalue weighted by molar-refractivity contribution is 0.0527. The monoisotopic (exact) mass is 223 g/mol. The maximum Gasteiger partial charge on any atom is 0.0783 e. The van der Waals surface area contributed by atoms with Gasteiger partial charge in [-0.2, -0.15) is 0 Å². The van der Waals surface area contributed by atoms with Crippen molar-refractivity contribution in [3.05, 3.63) is 0 Å². The van der Waals surface area contributed by atoms with E-state index in [1.165, 1.54) is 51.4 Å². The third kappa shape index (κ3) is 2.14. The molecule has 0 aromatic heterocycles. The first-order valence-electron chi connectivity index (χ1n) is 7.18. The van der Waals surface area contributed by atoms with E-state index in [9.17, 15) is 0 Å². The van der Waals surface area contributed by atoms with Crippen LogP contribution in [-0.4, -0.2) is 18.2 Å². The van der Waals surface area contributed by atoms with Crippen LogP contribution in [0.15, 0.2) is 0 Å². The molecule has 2 atom stereocenters. The average Bonchev–Trinajstić information content (AvgIpc) is 3.04. The van der Waals surface area contributed by atoms with Crippen molar-refractivity contribution < 1.29 is 4.74 Å². The van der Waals surface area contributed by atoms with Crippen LogP contribution in [0.5, 0.6) is 0 Å². The van der Waals surface area contributed by atoms with E-state index in [0.29, 0.717) is 6.10 Å². The predicted octanol–water partition coefficient (Wildman–Crippen LogP) is 2.85. The average molecular weight is 223 g/mol. The maximum atomic E-state index is 6.65. The summed E-state index contributed by atoms with van der Waals surface area (Å²) >= 11 is 0. The van der Waals surface area contributed by atoms with Crippen LogP contribution in [0.4, 0.5) is 0 Å². The second-order valence-electron chi connectivity index (χ2n) is 6.32. The standard InChI is InChI=1S/C14H25NO/c15-14(10-11-4-2-1-3-5-11)8-9-16-13(14)12-6-7-12/h11-13H,1-10,15H2. The normalized spacial score (nSPS) is 41.4. The topological polar surface area (TPSA) is 35.2 Å². The molecule has 1 saturated heterocycles. The minimum atomic E-state index is 0.0309. The van der Waals surface area contributed by atoms with Crippen LogP contribution in [0.25, 0.3) is 0 Å². The van der Waals surface area contributed by atoms with Crippen molar-refractivity contribution in [1.82, 2.24) is 0 Å². The lowest BCUT2D eigenvalue weighted by atomic mass is 9.76. The highest BCUT2D eigenvalue weighted by Gasteiger charge is 2.49. The van der Waals surface area contributed by atoms with E-state index in [1.807, 2.05) is 0 Å². The Hall–Kier alpha value is -0.0800. The van der Waals surface area contributed by atoms with Gasteiger partial charge in [-0.1, -0.05) is 32.1 Å². The molecular formula is C14H25NO. The van der Waals surface area contributed by atoms with E-state index in [2.05, 4.69) is 0 Å². The zero-order valence-corrected chi connectivity index (χ0v) is 10.3. The van der Waals surface area contributed by atoms with E-state index in [-0.39, 0.29) is 5.54 Å². The van der Waals surface area contributed by atoms with Crippen LogP contribution < -0.4 is 5.73 Å². The summed E-state index contributed by atoms with van der Waals surface area (Å²) in [7, 11) is 0. The van der Waals surface area contributed by atoms with Gasteiger partial charge < -0.3 is 10.5 Å². The van der Waals surface area contributed by atoms with Gasteiger partial charge in [0.05, 0.1) is 6.10 Å². The van der Waals surface area contributed by atoms with Crippen LogP contribution >= 0.6 is 0 Å². The molecule has 16 heavy (non-hydrogen) atoms. The summed E-state index contributed by atoms with van der Waals surface area (Å²) in [5.74, 6) is 1.69. The predicted molar refractivity (Wildman–Crippen MR) is 65.2 cm³/mol. The molecule has 2 nitrogen and oxygen atoms in total. The van der Waals surface area contributed by atoms with Crippen LogP contribution in [0.3, 0.4) is 0 Å². The summed E-state index contributed by atoms with van der Waals surface area (Å²) in [5.41, 5.74) is 6.68. The quantitative estimate of drug-likeness (QED) is 0.798. The molecule has 2 saturated carbocycles. The maximum absolute atomic E-state index is 6.65. The molecule has 2 unspecified atom stereocenters. The molecule has 2 heteroatoms. The van der Waals surface area contributed by atoms with Crippen LogP contribution in [0.2, 0.25) is 0 Å². The van der Waals surface area contributed by atoms with Gasteiger partial charge in [-0.3, -0.25) is 0 Å². The molecule has 2 aliphatic carbocycles. The molecule has 3 fully saturated rings.